The van der Waals surface area contributed by atoms with E-state index in [2.05, 4.69) is 20.6 Å². The smallest absolute Gasteiger partial charge is 0.298 e. The number of carbonyl (C=O) groups excluding carboxylic acids is 1. The molecule has 0 saturated heterocycles. The van der Waals surface area contributed by atoms with Gasteiger partial charge in [-0.1, -0.05) is 6.07 Å². The van der Waals surface area contributed by atoms with Crippen LogP contribution in [-0.4, -0.2) is 26.9 Å². The summed E-state index contributed by atoms with van der Waals surface area (Å²) in [5, 5.41) is 12.4. The first-order chi connectivity index (χ1) is 8.02. The third-order valence-electron chi connectivity index (χ3n) is 2.09. The molecule has 0 amide bonds. The molecule has 0 radical (unpaired) electrons. The highest BCUT2D eigenvalue weighted by molar-refractivity contribution is 5.85. The van der Waals surface area contributed by atoms with E-state index < -0.39 is 11.7 Å². The van der Waals surface area contributed by atoms with Crippen molar-refractivity contribution in [2.45, 2.75) is 6.18 Å². The van der Waals surface area contributed by atoms with Crippen molar-refractivity contribution >= 4 is 6.29 Å². The first-order valence-corrected chi connectivity index (χ1v) is 4.42. The predicted octanol–water partition coefficient (Wildman–Crippen LogP) is 1.70. The highest BCUT2D eigenvalue weighted by Crippen LogP contribution is 2.32. The number of aromatic amines is 1. The van der Waals surface area contributed by atoms with E-state index in [0.717, 1.165) is 18.2 Å². The molecule has 5 nitrogen and oxygen atoms in total. The molecule has 1 heterocycles. The van der Waals surface area contributed by atoms with Crippen LogP contribution < -0.4 is 0 Å². The molecule has 0 unspecified atom stereocenters. The fraction of sp³-hybridized carbons (Fsp3) is 0.111. The van der Waals surface area contributed by atoms with Gasteiger partial charge in [0, 0.05) is 11.1 Å². The number of tetrazole rings is 1. The Balaban J connectivity index is 2.59. The minimum absolute atomic E-state index is 0.0106. The maximum atomic E-state index is 12.5. The van der Waals surface area contributed by atoms with Crippen molar-refractivity contribution in [1.29, 1.82) is 0 Å². The fourth-order valence-corrected chi connectivity index (χ4v) is 1.30. The van der Waals surface area contributed by atoms with Crippen LogP contribution >= 0.6 is 0 Å². The van der Waals surface area contributed by atoms with Gasteiger partial charge >= 0.3 is 6.18 Å². The Hall–Kier alpha value is -2.25. The normalized spacial score (nSPS) is 11.5. The fourth-order valence-electron chi connectivity index (χ4n) is 1.30. The van der Waals surface area contributed by atoms with E-state index in [-0.39, 0.29) is 17.0 Å². The number of aromatic nitrogens is 4. The third-order valence-corrected chi connectivity index (χ3v) is 2.09. The number of halogens is 3. The predicted molar refractivity (Wildman–Crippen MR) is 50.0 cm³/mol. The number of carbonyl (C=O) groups is 1. The van der Waals surface area contributed by atoms with Crippen molar-refractivity contribution in [2.75, 3.05) is 0 Å². The Morgan fingerprint density at radius 1 is 1.29 bits per heavy atom. The number of hydrogen-bond acceptors (Lipinski definition) is 4. The summed E-state index contributed by atoms with van der Waals surface area (Å²) in [6.07, 6.45) is -4.05. The molecule has 0 atom stereocenters. The van der Waals surface area contributed by atoms with Crippen molar-refractivity contribution in [3.8, 4) is 11.4 Å². The van der Waals surface area contributed by atoms with Gasteiger partial charge in [-0.2, -0.15) is 18.4 Å². The van der Waals surface area contributed by atoms with E-state index in [1.807, 2.05) is 0 Å². The van der Waals surface area contributed by atoms with Crippen LogP contribution in [-0.2, 0) is 6.18 Å². The summed E-state index contributed by atoms with van der Waals surface area (Å²) >= 11 is 0. The van der Waals surface area contributed by atoms with Crippen molar-refractivity contribution in [1.82, 2.24) is 20.6 Å². The molecular formula is C9H5F3N4O. The number of nitrogens with one attached hydrogen (secondary N) is 1. The van der Waals surface area contributed by atoms with E-state index in [9.17, 15) is 18.0 Å². The SMILES string of the molecule is O=Cc1ccc(C(F)(F)F)cc1-c1nn[nH]n1. The molecule has 17 heavy (non-hydrogen) atoms. The van der Waals surface area contributed by atoms with Gasteiger partial charge < -0.3 is 0 Å². The molecule has 1 aromatic heterocycles. The van der Waals surface area contributed by atoms with Crippen LogP contribution in [0.3, 0.4) is 0 Å². The Morgan fingerprint density at radius 2 is 2.06 bits per heavy atom. The Bertz CT molecular complexity index is 536. The Morgan fingerprint density at radius 3 is 2.59 bits per heavy atom. The van der Waals surface area contributed by atoms with Gasteiger partial charge in [-0.3, -0.25) is 4.79 Å². The monoisotopic (exact) mass is 242 g/mol. The largest absolute Gasteiger partial charge is 0.416 e. The zero-order valence-electron chi connectivity index (χ0n) is 8.19. The van der Waals surface area contributed by atoms with Crippen molar-refractivity contribution in [3.63, 3.8) is 0 Å². The molecule has 0 aliphatic heterocycles. The summed E-state index contributed by atoms with van der Waals surface area (Å²) in [7, 11) is 0. The van der Waals surface area contributed by atoms with Gasteiger partial charge in [0.15, 0.2) is 6.29 Å². The molecule has 1 aromatic carbocycles. The molecule has 0 bridgehead atoms. The molecule has 1 N–H and O–H groups in total. The quantitative estimate of drug-likeness (QED) is 0.813. The van der Waals surface area contributed by atoms with Crippen LogP contribution in [0.4, 0.5) is 13.2 Å². The topological polar surface area (TPSA) is 71.5 Å². The van der Waals surface area contributed by atoms with Crippen LogP contribution in [0.25, 0.3) is 11.4 Å². The van der Waals surface area contributed by atoms with Gasteiger partial charge in [0.25, 0.3) is 0 Å². The second-order valence-corrected chi connectivity index (χ2v) is 3.15. The third kappa shape index (κ3) is 2.14. The second-order valence-electron chi connectivity index (χ2n) is 3.15. The first-order valence-electron chi connectivity index (χ1n) is 4.42. The molecular weight excluding hydrogens is 237 g/mol. The summed E-state index contributed by atoms with van der Waals surface area (Å²) in [6, 6.07) is 2.71. The number of hydrogen-bond donors (Lipinski definition) is 1. The van der Waals surface area contributed by atoms with E-state index in [0.29, 0.717) is 6.29 Å². The lowest BCUT2D eigenvalue weighted by Gasteiger charge is -2.08. The molecule has 2 aromatic rings. The summed E-state index contributed by atoms with van der Waals surface area (Å²) in [6.45, 7) is 0. The lowest BCUT2D eigenvalue weighted by Crippen LogP contribution is -2.06. The number of benzene rings is 1. The zero-order chi connectivity index (χ0) is 12.5. The molecule has 2 rings (SSSR count). The van der Waals surface area contributed by atoms with Crippen LogP contribution in [0.1, 0.15) is 15.9 Å². The van der Waals surface area contributed by atoms with Crippen LogP contribution in [0.15, 0.2) is 18.2 Å². The average Bonchev–Trinajstić information content (AvgIpc) is 2.80. The van der Waals surface area contributed by atoms with Gasteiger partial charge in [0.05, 0.1) is 5.56 Å². The van der Waals surface area contributed by atoms with E-state index in [1.54, 1.807) is 0 Å². The molecule has 0 spiro atoms. The molecule has 0 aliphatic rings. The van der Waals surface area contributed by atoms with Gasteiger partial charge in [-0.15, -0.1) is 10.2 Å². The summed E-state index contributed by atoms with van der Waals surface area (Å²) in [5.41, 5.74) is -0.814. The second kappa shape index (κ2) is 3.96. The van der Waals surface area contributed by atoms with Gasteiger partial charge in [0.1, 0.15) is 0 Å². The lowest BCUT2D eigenvalue weighted by atomic mass is 10.0. The number of aldehydes is 1. The minimum Gasteiger partial charge on any atom is -0.298 e. The number of H-pyrrole nitrogens is 1. The van der Waals surface area contributed by atoms with Gasteiger partial charge in [-0.05, 0) is 17.3 Å². The minimum atomic E-state index is -4.49. The number of alkyl halides is 3. The zero-order valence-corrected chi connectivity index (χ0v) is 8.19. The molecule has 0 fully saturated rings. The van der Waals surface area contributed by atoms with E-state index in [1.165, 1.54) is 0 Å². The highest BCUT2D eigenvalue weighted by atomic mass is 19.4. The lowest BCUT2D eigenvalue weighted by molar-refractivity contribution is -0.137. The standard InChI is InChI=1S/C9H5F3N4O/c10-9(11,12)6-2-1-5(4-17)7(3-6)8-13-15-16-14-8/h1-4H,(H,13,14,15,16). The maximum Gasteiger partial charge on any atom is 0.416 e. The van der Waals surface area contributed by atoms with Crippen LogP contribution in [0.5, 0.6) is 0 Å². The summed E-state index contributed by atoms with van der Waals surface area (Å²) in [4.78, 5) is 10.7. The summed E-state index contributed by atoms with van der Waals surface area (Å²) in [5.74, 6) is -0.0572. The van der Waals surface area contributed by atoms with Gasteiger partial charge in [0.2, 0.25) is 5.82 Å². The Kier molecular flexibility index (Phi) is 2.62. The van der Waals surface area contributed by atoms with Crippen molar-refractivity contribution in [3.05, 3.63) is 29.3 Å². The van der Waals surface area contributed by atoms with Crippen molar-refractivity contribution < 1.29 is 18.0 Å². The molecule has 88 valence electrons. The number of rotatable bonds is 2. The van der Waals surface area contributed by atoms with Crippen molar-refractivity contribution in [2.24, 2.45) is 0 Å². The van der Waals surface area contributed by atoms with E-state index in [4.69, 9.17) is 0 Å². The maximum absolute atomic E-state index is 12.5. The molecule has 0 saturated carbocycles. The van der Waals surface area contributed by atoms with Gasteiger partial charge in [-0.25, -0.2) is 0 Å². The number of nitrogens with zero attached hydrogens (tertiary/aromatic N) is 3. The first kappa shape index (κ1) is 11.2. The van der Waals surface area contributed by atoms with Crippen LogP contribution in [0.2, 0.25) is 0 Å². The highest BCUT2D eigenvalue weighted by Gasteiger charge is 2.31. The summed E-state index contributed by atoms with van der Waals surface area (Å²) < 4.78 is 37.5. The Labute approximate surface area is 92.6 Å². The van der Waals surface area contributed by atoms with E-state index >= 15 is 0 Å². The molecule has 8 heteroatoms. The average molecular weight is 242 g/mol. The molecule has 0 aliphatic carbocycles. The van der Waals surface area contributed by atoms with Crippen LogP contribution in [0, 0.1) is 0 Å².